The lowest BCUT2D eigenvalue weighted by Crippen LogP contribution is -2.23. The Bertz CT molecular complexity index is 517. The summed E-state index contributed by atoms with van der Waals surface area (Å²) >= 11 is 0. The molecule has 1 amide bonds. The van der Waals surface area contributed by atoms with E-state index in [-0.39, 0.29) is 5.91 Å². The van der Waals surface area contributed by atoms with E-state index in [2.05, 4.69) is 38.2 Å². The van der Waals surface area contributed by atoms with Gasteiger partial charge in [0.25, 0.3) is 5.91 Å². The molecule has 1 aromatic rings. The first-order valence-electron chi connectivity index (χ1n) is 7.04. The summed E-state index contributed by atoms with van der Waals surface area (Å²) in [4.78, 5) is 12.0. The molecule has 0 aliphatic rings. The summed E-state index contributed by atoms with van der Waals surface area (Å²) in [6.45, 7) is 10.5. The highest BCUT2D eigenvalue weighted by molar-refractivity contribution is 5.95. The highest BCUT2D eigenvalue weighted by Gasteiger charge is 2.12. The van der Waals surface area contributed by atoms with Crippen molar-refractivity contribution in [3.8, 4) is 0 Å². The predicted octanol–water partition coefficient (Wildman–Crippen LogP) is 4.32. The van der Waals surface area contributed by atoms with Crippen molar-refractivity contribution in [1.29, 1.82) is 0 Å². The second-order valence-electron chi connectivity index (χ2n) is 5.41. The van der Waals surface area contributed by atoms with E-state index >= 15 is 0 Å². The zero-order chi connectivity index (χ0) is 15.1. The van der Waals surface area contributed by atoms with Crippen LogP contribution in [-0.2, 0) is 0 Å². The molecular weight excluding hydrogens is 250 g/mol. The van der Waals surface area contributed by atoms with Crippen LogP contribution in [0.25, 0.3) is 0 Å². The van der Waals surface area contributed by atoms with Gasteiger partial charge >= 0.3 is 0 Å². The molecule has 0 spiro atoms. The summed E-state index contributed by atoms with van der Waals surface area (Å²) in [5.74, 6) is 1.36. The number of hydrogen-bond donors (Lipinski definition) is 1. The van der Waals surface area contributed by atoms with Gasteiger partial charge in [0.05, 0.1) is 5.56 Å². The maximum Gasteiger partial charge on any atom is 0.255 e. The molecule has 0 aliphatic carbocycles. The number of carbonyl (C=O) groups is 1. The molecule has 0 saturated heterocycles. The maximum absolute atomic E-state index is 12.0. The monoisotopic (exact) mass is 275 g/mol. The first-order valence-corrected chi connectivity index (χ1v) is 7.04. The van der Waals surface area contributed by atoms with Gasteiger partial charge in [0.2, 0.25) is 0 Å². The van der Waals surface area contributed by atoms with Gasteiger partial charge in [-0.05, 0) is 53.5 Å². The molecule has 0 radical (unpaired) electrons. The minimum Gasteiger partial charge on any atom is -0.466 e. The normalized spacial score (nSPS) is 11.3. The number of rotatable bonds is 6. The summed E-state index contributed by atoms with van der Waals surface area (Å²) in [6.07, 6.45) is 6.39. The Hall–Kier alpha value is -1.77. The predicted molar refractivity (Wildman–Crippen MR) is 82.9 cm³/mol. The van der Waals surface area contributed by atoms with Crippen LogP contribution in [0.2, 0.25) is 0 Å². The SMILES string of the molecule is CC(C)=CCC/C(C)=C/CNC(=O)c1cc(C)oc1C. The fourth-order valence-electron chi connectivity index (χ4n) is 1.96. The fraction of sp³-hybridized carbons (Fsp3) is 0.471. The lowest BCUT2D eigenvalue weighted by molar-refractivity contribution is 0.0956. The lowest BCUT2D eigenvalue weighted by Gasteiger charge is -2.03. The molecule has 1 rings (SSSR count). The Morgan fingerprint density at radius 3 is 2.50 bits per heavy atom. The van der Waals surface area contributed by atoms with Crippen molar-refractivity contribution in [3.63, 3.8) is 0 Å². The van der Waals surface area contributed by atoms with Gasteiger partial charge < -0.3 is 9.73 Å². The maximum atomic E-state index is 12.0. The lowest BCUT2D eigenvalue weighted by atomic mass is 10.1. The highest BCUT2D eigenvalue weighted by atomic mass is 16.3. The quantitative estimate of drug-likeness (QED) is 0.786. The average Bonchev–Trinajstić information content (AvgIpc) is 2.68. The van der Waals surface area contributed by atoms with E-state index in [9.17, 15) is 4.79 Å². The van der Waals surface area contributed by atoms with Gasteiger partial charge in [-0.1, -0.05) is 23.3 Å². The van der Waals surface area contributed by atoms with E-state index < -0.39 is 0 Å². The van der Waals surface area contributed by atoms with E-state index in [0.717, 1.165) is 18.6 Å². The van der Waals surface area contributed by atoms with Crippen molar-refractivity contribution in [1.82, 2.24) is 5.32 Å². The molecule has 0 aromatic carbocycles. The molecule has 0 unspecified atom stereocenters. The first kappa shape index (κ1) is 16.3. The van der Waals surface area contributed by atoms with Gasteiger partial charge in [-0.15, -0.1) is 0 Å². The van der Waals surface area contributed by atoms with Crippen LogP contribution in [-0.4, -0.2) is 12.5 Å². The Labute approximate surface area is 121 Å². The summed E-state index contributed by atoms with van der Waals surface area (Å²) < 4.78 is 5.36. The van der Waals surface area contributed by atoms with Crippen LogP contribution in [0.5, 0.6) is 0 Å². The smallest absolute Gasteiger partial charge is 0.255 e. The van der Waals surface area contributed by atoms with Gasteiger partial charge in [0, 0.05) is 6.54 Å². The van der Waals surface area contributed by atoms with Crippen molar-refractivity contribution >= 4 is 5.91 Å². The molecule has 0 saturated carbocycles. The molecule has 1 heterocycles. The van der Waals surface area contributed by atoms with Crippen molar-refractivity contribution in [3.05, 3.63) is 46.4 Å². The molecule has 0 atom stereocenters. The zero-order valence-electron chi connectivity index (χ0n) is 13.2. The molecule has 1 N–H and O–H groups in total. The van der Waals surface area contributed by atoms with Crippen molar-refractivity contribution < 1.29 is 9.21 Å². The fourth-order valence-corrected chi connectivity index (χ4v) is 1.96. The molecule has 1 aromatic heterocycles. The van der Waals surface area contributed by atoms with Crippen molar-refractivity contribution in [2.24, 2.45) is 0 Å². The number of hydrogen-bond acceptors (Lipinski definition) is 2. The van der Waals surface area contributed by atoms with Gasteiger partial charge in [-0.3, -0.25) is 4.79 Å². The van der Waals surface area contributed by atoms with Gasteiger partial charge in [0.15, 0.2) is 0 Å². The second kappa shape index (κ2) is 7.73. The number of allylic oxidation sites excluding steroid dienone is 3. The van der Waals surface area contributed by atoms with Gasteiger partial charge in [-0.25, -0.2) is 0 Å². The number of furan rings is 1. The van der Waals surface area contributed by atoms with Crippen LogP contribution < -0.4 is 5.32 Å². The third kappa shape index (κ3) is 5.47. The Morgan fingerprint density at radius 2 is 1.95 bits per heavy atom. The highest BCUT2D eigenvalue weighted by Crippen LogP contribution is 2.13. The van der Waals surface area contributed by atoms with Crippen molar-refractivity contribution in [2.45, 2.75) is 47.5 Å². The first-order chi connectivity index (χ1) is 9.40. The average molecular weight is 275 g/mol. The van der Waals surface area contributed by atoms with Crippen LogP contribution in [0, 0.1) is 13.8 Å². The molecule has 0 aliphatic heterocycles. The van der Waals surface area contributed by atoms with E-state index in [1.165, 1.54) is 11.1 Å². The van der Waals surface area contributed by atoms with Crippen LogP contribution in [0.15, 0.2) is 33.8 Å². The Morgan fingerprint density at radius 1 is 1.25 bits per heavy atom. The minimum absolute atomic E-state index is 0.0762. The van der Waals surface area contributed by atoms with Crippen LogP contribution in [0.1, 0.15) is 55.5 Å². The molecular formula is C17H25NO2. The topological polar surface area (TPSA) is 42.2 Å². The van der Waals surface area contributed by atoms with Crippen molar-refractivity contribution in [2.75, 3.05) is 6.54 Å². The third-order valence-corrected chi connectivity index (χ3v) is 3.09. The molecule has 20 heavy (non-hydrogen) atoms. The molecule has 3 heteroatoms. The Kier molecular flexibility index (Phi) is 6.29. The Balaban J connectivity index is 2.41. The molecule has 0 fully saturated rings. The number of carbonyl (C=O) groups excluding carboxylic acids is 1. The molecule has 0 bridgehead atoms. The molecule has 3 nitrogen and oxygen atoms in total. The number of aryl methyl sites for hydroxylation is 2. The largest absolute Gasteiger partial charge is 0.466 e. The number of amides is 1. The van der Waals surface area contributed by atoms with Gasteiger partial charge in [0.1, 0.15) is 11.5 Å². The third-order valence-electron chi connectivity index (χ3n) is 3.09. The van der Waals surface area contributed by atoms with E-state index in [1.807, 2.05) is 13.8 Å². The van der Waals surface area contributed by atoms with Gasteiger partial charge in [-0.2, -0.15) is 0 Å². The standard InChI is InChI=1S/C17H25NO2/c1-12(2)7-6-8-13(3)9-10-18-17(19)16-11-14(4)20-15(16)5/h7,9,11H,6,8,10H2,1-5H3,(H,18,19)/b13-9+. The van der Waals surface area contributed by atoms with E-state index in [1.54, 1.807) is 6.07 Å². The summed E-state index contributed by atoms with van der Waals surface area (Å²) in [7, 11) is 0. The zero-order valence-corrected chi connectivity index (χ0v) is 13.2. The van der Waals surface area contributed by atoms with Crippen LogP contribution >= 0.6 is 0 Å². The summed E-state index contributed by atoms with van der Waals surface area (Å²) in [5, 5.41) is 2.89. The van der Waals surface area contributed by atoms with Crippen LogP contribution in [0.4, 0.5) is 0 Å². The summed E-state index contributed by atoms with van der Waals surface area (Å²) in [5.41, 5.74) is 3.26. The second-order valence-corrected chi connectivity index (χ2v) is 5.41. The van der Waals surface area contributed by atoms with E-state index in [4.69, 9.17) is 4.42 Å². The molecule has 110 valence electrons. The summed E-state index contributed by atoms with van der Waals surface area (Å²) in [6, 6.07) is 1.77. The van der Waals surface area contributed by atoms with E-state index in [0.29, 0.717) is 17.9 Å². The number of nitrogens with one attached hydrogen (secondary N) is 1. The minimum atomic E-state index is -0.0762. The van der Waals surface area contributed by atoms with Crippen LogP contribution in [0.3, 0.4) is 0 Å².